The number of carbonyl (C=O) groups excluding carboxylic acids is 1. The number of fused-ring (bicyclic) bond motifs is 1. The Kier molecular flexibility index (Phi) is 6.86. The highest BCUT2D eigenvalue weighted by Crippen LogP contribution is 2.52. The lowest BCUT2D eigenvalue weighted by Crippen LogP contribution is -2.61. The van der Waals surface area contributed by atoms with Crippen LogP contribution in [0.2, 0.25) is 5.02 Å². The molecule has 3 aromatic carbocycles. The highest BCUT2D eigenvalue weighted by Gasteiger charge is 2.43. The molecule has 4 atom stereocenters. The molecule has 4 aromatic rings. The van der Waals surface area contributed by atoms with Crippen LogP contribution in [0.1, 0.15) is 19.4 Å². The number of nitrogens with zero attached hydrogens (tertiary/aromatic N) is 6. The number of benzene rings is 3. The smallest absolute Gasteiger partial charge is 0.246 e. The molecular formula is C33H33ClN6O3. The number of amidine groups is 1. The molecule has 0 bridgehead atoms. The summed E-state index contributed by atoms with van der Waals surface area (Å²) in [5.41, 5.74) is 3.32. The maximum Gasteiger partial charge on any atom is 0.246 e. The summed E-state index contributed by atoms with van der Waals surface area (Å²) in [6, 6.07) is 16.0. The zero-order chi connectivity index (χ0) is 29.8. The van der Waals surface area contributed by atoms with Crippen molar-refractivity contribution in [2.24, 2.45) is 4.99 Å². The third-order valence-electron chi connectivity index (χ3n) is 8.76. The highest BCUT2D eigenvalue weighted by molar-refractivity contribution is 6.35. The molecule has 0 aliphatic carbocycles. The molecule has 0 radical (unpaired) electrons. The van der Waals surface area contributed by atoms with Crippen LogP contribution < -0.4 is 9.64 Å². The Morgan fingerprint density at radius 3 is 2.74 bits per heavy atom. The first kappa shape index (κ1) is 27.5. The van der Waals surface area contributed by atoms with Crippen LogP contribution in [0.4, 0.5) is 5.69 Å². The van der Waals surface area contributed by atoms with Crippen LogP contribution in [-0.4, -0.2) is 80.4 Å². The van der Waals surface area contributed by atoms with Gasteiger partial charge in [0.25, 0.3) is 0 Å². The average Bonchev–Trinajstić information content (AvgIpc) is 3.53. The number of aliphatic imine (C=N–C) groups is 1. The largest absolute Gasteiger partial charge is 0.488 e. The maximum absolute atomic E-state index is 12.5. The van der Waals surface area contributed by atoms with Gasteiger partial charge in [-0.1, -0.05) is 60.6 Å². The normalized spacial score (nSPS) is 23.1. The number of hydrogen-bond acceptors (Lipinski definition) is 7. The highest BCUT2D eigenvalue weighted by atomic mass is 35.5. The maximum atomic E-state index is 12.5. The molecule has 3 aliphatic rings. The minimum absolute atomic E-state index is 0.0592. The van der Waals surface area contributed by atoms with Crippen LogP contribution in [0.25, 0.3) is 21.9 Å². The number of aliphatic hydroxyl groups excluding tert-OH is 1. The van der Waals surface area contributed by atoms with Gasteiger partial charge < -0.3 is 29.1 Å². The summed E-state index contributed by atoms with van der Waals surface area (Å²) in [5.74, 6) is 1.18. The molecule has 1 unspecified atom stereocenters. The number of aromatic nitrogens is 2. The van der Waals surface area contributed by atoms with Gasteiger partial charge in [0.2, 0.25) is 12.3 Å². The summed E-state index contributed by atoms with van der Waals surface area (Å²) in [6.07, 6.45) is 5.62. The van der Waals surface area contributed by atoms with Crippen LogP contribution in [0, 0.1) is 0 Å². The second-order valence-electron chi connectivity index (χ2n) is 11.5. The van der Waals surface area contributed by atoms with Crippen molar-refractivity contribution in [3.63, 3.8) is 0 Å². The number of imidazole rings is 1. The second kappa shape index (κ2) is 10.7. The van der Waals surface area contributed by atoms with Gasteiger partial charge in [0, 0.05) is 55.2 Å². The van der Waals surface area contributed by atoms with Gasteiger partial charge >= 0.3 is 0 Å². The molecular weight excluding hydrogens is 564 g/mol. The second-order valence-corrected chi connectivity index (χ2v) is 11.9. The molecule has 1 saturated heterocycles. The summed E-state index contributed by atoms with van der Waals surface area (Å²) < 4.78 is 8.61. The fraction of sp³-hybridized carbons (Fsp3) is 0.303. The van der Waals surface area contributed by atoms with Gasteiger partial charge in [0.1, 0.15) is 12.4 Å². The molecule has 43 heavy (non-hydrogen) atoms. The van der Waals surface area contributed by atoms with Crippen molar-refractivity contribution >= 4 is 39.8 Å². The van der Waals surface area contributed by atoms with Crippen molar-refractivity contribution in [1.29, 1.82) is 0 Å². The quantitative estimate of drug-likeness (QED) is 0.342. The third-order valence-corrected chi connectivity index (χ3v) is 9.06. The van der Waals surface area contributed by atoms with Gasteiger partial charge in [-0.15, -0.1) is 0 Å². The molecule has 7 rings (SSSR count). The van der Waals surface area contributed by atoms with Crippen LogP contribution >= 0.6 is 11.6 Å². The van der Waals surface area contributed by atoms with E-state index in [4.69, 9.17) is 21.3 Å². The lowest BCUT2D eigenvalue weighted by atomic mass is 9.92. The van der Waals surface area contributed by atoms with E-state index in [0.29, 0.717) is 42.8 Å². The van der Waals surface area contributed by atoms with Crippen molar-refractivity contribution < 1.29 is 14.6 Å². The summed E-state index contributed by atoms with van der Waals surface area (Å²) >= 11 is 7.18. The number of ether oxygens (including phenoxy) is 1. The molecule has 0 saturated carbocycles. The summed E-state index contributed by atoms with van der Waals surface area (Å²) in [4.78, 5) is 27.6. The van der Waals surface area contributed by atoms with Crippen molar-refractivity contribution in [1.82, 2.24) is 19.4 Å². The van der Waals surface area contributed by atoms with E-state index in [1.54, 1.807) is 12.5 Å². The molecule has 4 heterocycles. The SMILES string of the molecule is C=CC(=O)N1C[C@H](C)N(C2=NC(O)N3c4c2cc(Cl)c(-c2cccc5ccccc25)c4OC[C@H]3Cn2ccnc2)C[C@H]1C. The van der Waals surface area contributed by atoms with Gasteiger partial charge in [0.15, 0.2) is 5.75 Å². The molecule has 1 aromatic heterocycles. The Morgan fingerprint density at radius 1 is 1.14 bits per heavy atom. The molecule has 0 spiro atoms. The van der Waals surface area contributed by atoms with E-state index in [1.807, 2.05) is 51.8 Å². The van der Waals surface area contributed by atoms with Gasteiger partial charge in [-0.05, 0) is 42.3 Å². The molecule has 1 N–H and O–H groups in total. The number of anilines is 1. The van der Waals surface area contributed by atoms with Crippen molar-refractivity contribution in [2.45, 2.75) is 44.9 Å². The number of halogens is 1. The van der Waals surface area contributed by atoms with E-state index in [0.717, 1.165) is 33.2 Å². The van der Waals surface area contributed by atoms with E-state index >= 15 is 0 Å². The Morgan fingerprint density at radius 2 is 1.95 bits per heavy atom. The topological polar surface area (TPSA) is 86.4 Å². The van der Waals surface area contributed by atoms with Gasteiger partial charge in [-0.25, -0.2) is 9.98 Å². The zero-order valence-corrected chi connectivity index (χ0v) is 24.9. The summed E-state index contributed by atoms with van der Waals surface area (Å²) in [7, 11) is 0. The standard InChI is InChI=1S/C33H33ClN6O3/c1-4-28(41)38-15-21(3)39(16-20(38)2)32-26-14-27(34)29(25-11-7-9-22-8-5-6-10-24(22)25)31-30(26)40(33(42)36-32)23(18-43-31)17-37-13-12-35-19-37/h4-14,19-21,23,33,42H,1,15-18H2,2-3H3/t20-,21+,23-,33?/m1/s1. The number of aliphatic hydroxyl groups is 1. The fourth-order valence-corrected chi connectivity index (χ4v) is 7.02. The van der Waals surface area contributed by atoms with Crippen molar-refractivity contribution in [3.8, 4) is 16.9 Å². The summed E-state index contributed by atoms with van der Waals surface area (Å²) in [6.45, 7) is 9.70. The van der Waals surface area contributed by atoms with Crippen LogP contribution in [0.3, 0.4) is 0 Å². The van der Waals surface area contributed by atoms with Crippen LogP contribution in [0.15, 0.2) is 84.9 Å². The first-order valence-electron chi connectivity index (χ1n) is 14.5. The molecule has 10 heteroatoms. The van der Waals surface area contributed by atoms with Crippen LogP contribution in [0.5, 0.6) is 5.75 Å². The van der Waals surface area contributed by atoms with E-state index in [2.05, 4.69) is 47.7 Å². The molecule has 220 valence electrons. The Balaban J connectivity index is 1.39. The first-order chi connectivity index (χ1) is 20.9. The Hall–Kier alpha value is -4.34. The zero-order valence-electron chi connectivity index (χ0n) is 24.1. The van der Waals surface area contributed by atoms with Gasteiger partial charge in [-0.3, -0.25) is 4.79 Å². The van der Waals surface area contributed by atoms with E-state index in [1.165, 1.54) is 6.08 Å². The van der Waals surface area contributed by atoms with Gasteiger partial charge in [0.05, 0.1) is 23.1 Å². The Labute approximate surface area is 255 Å². The predicted molar refractivity (Wildman–Crippen MR) is 168 cm³/mol. The monoisotopic (exact) mass is 596 g/mol. The summed E-state index contributed by atoms with van der Waals surface area (Å²) in [5, 5.41) is 14.4. The van der Waals surface area contributed by atoms with Crippen molar-refractivity contribution in [3.05, 3.63) is 90.5 Å². The lowest BCUT2D eigenvalue weighted by molar-refractivity contribution is -0.130. The number of hydrogen-bond donors (Lipinski definition) is 1. The minimum Gasteiger partial charge on any atom is -0.488 e. The van der Waals surface area contributed by atoms with Crippen LogP contribution in [-0.2, 0) is 11.3 Å². The molecule has 9 nitrogen and oxygen atoms in total. The van der Waals surface area contributed by atoms with E-state index < -0.39 is 6.35 Å². The van der Waals surface area contributed by atoms with Gasteiger partial charge in [-0.2, -0.15) is 0 Å². The fourth-order valence-electron chi connectivity index (χ4n) is 6.72. The van der Waals surface area contributed by atoms with E-state index in [9.17, 15) is 9.90 Å². The number of piperazine rings is 1. The average molecular weight is 597 g/mol. The third kappa shape index (κ3) is 4.54. The molecule has 3 aliphatic heterocycles. The van der Waals surface area contributed by atoms with Crippen molar-refractivity contribution in [2.75, 3.05) is 24.6 Å². The number of carbonyl (C=O) groups is 1. The minimum atomic E-state index is -1.14. The lowest BCUT2D eigenvalue weighted by Gasteiger charge is -2.49. The predicted octanol–water partition coefficient (Wildman–Crippen LogP) is 4.77. The molecule has 1 amide bonds. The number of amides is 1. The molecule has 1 fully saturated rings. The van der Waals surface area contributed by atoms with E-state index in [-0.39, 0.29) is 24.0 Å². The first-order valence-corrected chi connectivity index (χ1v) is 14.9. The number of rotatable bonds is 4. The Bertz CT molecular complexity index is 1750.